The fourth-order valence-electron chi connectivity index (χ4n) is 1.77. The van der Waals surface area contributed by atoms with E-state index in [0.717, 1.165) is 0 Å². The number of anilines is 1. The summed E-state index contributed by atoms with van der Waals surface area (Å²) in [4.78, 5) is 0.163. The molecule has 3 nitrogen and oxygen atoms in total. The molecule has 0 heterocycles. The number of benzene rings is 2. The van der Waals surface area contributed by atoms with Crippen molar-refractivity contribution < 1.29 is 12.8 Å². The molecule has 0 aliphatic heterocycles. The molecule has 0 unspecified atom stereocenters. The second-order valence-electron chi connectivity index (χ2n) is 4.47. The van der Waals surface area contributed by atoms with Crippen LogP contribution in [0.1, 0.15) is 11.1 Å². The third kappa shape index (κ3) is 3.19. The summed E-state index contributed by atoms with van der Waals surface area (Å²) >= 11 is 3.25. The fourth-order valence-corrected chi connectivity index (χ4v) is 3.67. The van der Waals surface area contributed by atoms with E-state index in [9.17, 15) is 12.8 Å². The zero-order valence-corrected chi connectivity index (χ0v) is 13.3. The average Bonchev–Trinajstić information content (AvgIpc) is 2.36. The van der Waals surface area contributed by atoms with E-state index in [4.69, 9.17) is 0 Å². The van der Waals surface area contributed by atoms with Crippen LogP contribution in [0, 0.1) is 19.7 Å². The first-order valence-electron chi connectivity index (χ1n) is 5.85. The van der Waals surface area contributed by atoms with Gasteiger partial charge in [-0.2, -0.15) is 0 Å². The quantitative estimate of drug-likeness (QED) is 0.901. The topological polar surface area (TPSA) is 46.2 Å². The molecule has 20 heavy (non-hydrogen) atoms. The highest BCUT2D eigenvalue weighted by atomic mass is 79.9. The molecule has 0 aliphatic carbocycles. The number of sulfonamides is 1. The van der Waals surface area contributed by atoms with Crippen molar-refractivity contribution in [2.75, 3.05) is 4.72 Å². The molecule has 2 aromatic rings. The van der Waals surface area contributed by atoms with Gasteiger partial charge in [-0.05, 0) is 49.2 Å². The van der Waals surface area contributed by atoms with Crippen molar-refractivity contribution in [2.24, 2.45) is 0 Å². The summed E-state index contributed by atoms with van der Waals surface area (Å²) in [6.07, 6.45) is 0. The molecule has 0 radical (unpaired) electrons. The molecule has 0 bridgehead atoms. The molecule has 2 aromatic carbocycles. The monoisotopic (exact) mass is 357 g/mol. The Bertz CT molecular complexity index is 760. The maximum Gasteiger partial charge on any atom is 0.262 e. The highest BCUT2D eigenvalue weighted by molar-refractivity contribution is 9.10. The van der Waals surface area contributed by atoms with Crippen LogP contribution >= 0.6 is 15.9 Å². The Morgan fingerprint density at radius 2 is 1.70 bits per heavy atom. The summed E-state index contributed by atoms with van der Waals surface area (Å²) in [5.41, 5.74) is 1.52. The molecule has 6 heteroatoms. The fraction of sp³-hybridized carbons (Fsp3) is 0.143. The van der Waals surface area contributed by atoms with Crippen molar-refractivity contribution >= 4 is 31.6 Å². The van der Waals surface area contributed by atoms with Crippen molar-refractivity contribution in [3.63, 3.8) is 0 Å². The molecule has 106 valence electrons. The van der Waals surface area contributed by atoms with Gasteiger partial charge in [-0.1, -0.05) is 28.1 Å². The first-order chi connectivity index (χ1) is 9.29. The summed E-state index contributed by atoms with van der Waals surface area (Å²) in [5.74, 6) is -0.487. The van der Waals surface area contributed by atoms with E-state index in [0.29, 0.717) is 15.6 Å². The van der Waals surface area contributed by atoms with Gasteiger partial charge in [-0.25, -0.2) is 12.8 Å². The zero-order valence-electron chi connectivity index (χ0n) is 10.9. The Morgan fingerprint density at radius 3 is 2.40 bits per heavy atom. The number of nitrogens with one attached hydrogen (secondary N) is 1. The van der Waals surface area contributed by atoms with E-state index in [2.05, 4.69) is 20.7 Å². The van der Waals surface area contributed by atoms with Crippen LogP contribution < -0.4 is 4.72 Å². The first-order valence-corrected chi connectivity index (χ1v) is 8.12. The van der Waals surface area contributed by atoms with Gasteiger partial charge in [0.15, 0.2) is 0 Å². The average molecular weight is 358 g/mol. The zero-order chi connectivity index (χ0) is 14.9. The predicted octanol–water partition coefficient (Wildman–Crippen LogP) is 4.01. The van der Waals surface area contributed by atoms with E-state index in [1.165, 1.54) is 24.3 Å². The summed E-state index contributed by atoms with van der Waals surface area (Å²) < 4.78 is 41.1. The van der Waals surface area contributed by atoms with Crippen LogP contribution in [0.3, 0.4) is 0 Å². The van der Waals surface area contributed by atoms with Crippen molar-refractivity contribution in [3.05, 3.63) is 57.8 Å². The maximum atomic E-state index is 13.2. The lowest BCUT2D eigenvalue weighted by Crippen LogP contribution is -2.15. The lowest BCUT2D eigenvalue weighted by Gasteiger charge is -2.12. The summed E-state index contributed by atoms with van der Waals surface area (Å²) in [6, 6.07) is 8.98. The van der Waals surface area contributed by atoms with Crippen LogP contribution in [0.25, 0.3) is 0 Å². The van der Waals surface area contributed by atoms with Crippen LogP contribution in [-0.2, 0) is 10.0 Å². The Balaban J connectivity index is 2.46. The Morgan fingerprint density at radius 1 is 1.05 bits per heavy atom. The summed E-state index contributed by atoms with van der Waals surface area (Å²) in [7, 11) is -3.75. The van der Waals surface area contributed by atoms with Gasteiger partial charge < -0.3 is 0 Å². The van der Waals surface area contributed by atoms with E-state index < -0.39 is 15.8 Å². The Labute approximate surface area is 126 Å². The first kappa shape index (κ1) is 15.0. The van der Waals surface area contributed by atoms with E-state index >= 15 is 0 Å². The van der Waals surface area contributed by atoms with Crippen molar-refractivity contribution in [1.82, 2.24) is 0 Å². The molecule has 0 amide bonds. The van der Waals surface area contributed by atoms with Crippen LogP contribution in [0.2, 0.25) is 0 Å². The van der Waals surface area contributed by atoms with E-state index in [1.54, 1.807) is 26.0 Å². The normalized spacial score (nSPS) is 11.4. The molecule has 2 rings (SSSR count). The SMILES string of the molecule is Cc1ccc(F)cc1NS(=O)(=O)c1cc(Br)ccc1C. The second kappa shape index (κ2) is 5.54. The van der Waals surface area contributed by atoms with Gasteiger partial charge in [0.05, 0.1) is 10.6 Å². The van der Waals surface area contributed by atoms with Crippen molar-refractivity contribution in [3.8, 4) is 0 Å². The molecule has 0 spiro atoms. The molecule has 0 atom stereocenters. The van der Waals surface area contributed by atoms with Crippen molar-refractivity contribution in [2.45, 2.75) is 18.7 Å². The number of rotatable bonds is 3. The number of hydrogen-bond acceptors (Lipinski definition) is 2. The van der Waals surface area contributed by atoms with Gasteiger partial charge in [-0.3, -0.25) is 4.72 Å². The summed E-state index contributed by atoms with van der Waals surface area (Å²) in [5, 5.41) is 0. The molecule has 0 saturated heterocycles. The van der Waals surface area contributed by atoms with Gasteiger partial charge in [-0.15, -0.1) is 0 Å². The molecular formula is C14H13BrFNO2S. The smallest absolute Gasteiger partial charge is 0.262 e. The highest BCUT2D eigenvalue weighted by Crippen LogP contribution is 2.25. The Hall–Kier alpha value is -1.40. The molecule has 0 aliphatic rings. The van der Waals surface area contributed by atoms with Gasteiger partial charge in [0.1, 0.15) is 5.82 Å². The van der Waals surface area contributed by atoms with Gasteiger partial charge in [0, 0.05) is 4.47 Å². The standard InChI is InChI=1S/C14H13BrFNO2S/c1-9-4-6-12(16)8-13(9)17-20(18,19)14-7-11(15)5-3-10(14)2/h3-8,17H,1-2H3. The number of hydrogen-bond donors (Lipinski definition) is 1. The van der Waals surface area contributed by atoms with Crippen LogP contribution in [0.5, 0.6) is 0 Å². The third-order valence-electron chi connectivity index (χ3n) is 2.88. The largest absolute Gasteiger partial charge is 0.279 e. The molecular weight excluding hydrogens is 345 g/mol. The second-order valence-corrected chi connectivity index (χ2v) is 7.04. The minimum absolute atomic E-state index is 0.163. The van der Waals surface area contributed by atoms with Gasteiger partial charge in [0.25, 0.3) is 10.0 Å². The van der Waals surface area contributed by atoms with Gasteiger partial charge >= 0.3 is 0 Å². The Kier molecular flexibility index (Phi) is 4.15. The van der Waals surface area contributed by atoms with Crippen LogP contribution in [0.15, 0.2) is 45.8 Å². The minimum atomic E-state index is -3.75. The van der Waals surface area contributed by atoms with Crippen molar-refractivity contribution in [1.29, 1.82) is 0 Å². The number of aryl methyl sites for hydroxylation is 2. The molecule has 0 aromatic heterocycles. The highest BCUT2D eigenvalue weighted by Gasteiger charge is 2.18. The van der Waals surface area contributed by atoms with Crippen LogP contribution in [0.4, 0.5) is 10.1 Å². The molecule has 0 fully saturated rings. The molecule has 0 saturated carbocycles. The maximum absolute atomic E-state index is 13.2. The third-order valence-corrected chi connectivity index (χ3v) is 4.88. The van der Waals surface area contributed by atoms with E-state index in [1.807, 2.05) is 0 Å². The van der Waals surface area contributed by atoms with Gasteiger partial charge in [0.2, 0.25) is 0 Å². The lowest BCUT2D eigenvalue weighted by atomic mass is 10.2. The molecule has 1 N–H and O–H groups in total. The number of halogens is 2. The van der Waals surface area contributed by atoms with Crippen LogP contribution in [-0.4, -0.2) is 8.42 Å². The van der Waals surface area contributed by atoms with E-state index in [-0.39, 0.29) is 10.6 Å². The predicted molar refractivity (Wildman–Crippen MR) is 80.8 cm³/mol. The lowest BCUT2D eigenvalue weighted by molar-refractivity contribution is 0.600. The summed E-state index contributed by atoms with van der Waals surface area (Å²) in [6.45, 7) is 3.42. The minimum Gasteiger partial charge on any atom is -0.279 e.